The van der Waals surface area contributed by atoms with Crippen molar-refractivity contribution in [2.75, 3.05) is 25.0 Å². The van der Waals surface area contributed by atoms with Crippen LogP contribution in [-0.2, 0) is 6.54 Å². The van der Waals surface area contributed by atoms with Gasteiger partial charge in [0, 0.05) is 25.7 Å². The first-order valence-corrected chi connectivity index (χ1v) is 6.27. The van der Waals surface area contributed by atoms with Crippen LogP contribution in [0.4, 0.5) is 10.2 Å². The van der Waals surface area contributed by atoms with Gasteiger partial charge in [-0.3, -0.25) is 0 Å². The van der Waals surface area contributed by atoms with Gasteiger partial charge in [-0.1, -0.05) is 6.92 Å². The van der Waals surface area contributed by atoms with E-state index in [1.54, 1.807) is 6.07 Å². The van der Waals surface area contributed by atoms with Crippen LogP contribution in [0.3, 0.4) is 0 Å². The third kappa shape index (κ3) is 3.40. The largest absolute Gasteiger partial charge is 0.359 e. The Labute approximate surface area is 102 Å². The van der Waals surface area contributed by atoms with Gasteiger partial charge in [0.05, 0.1) is 6.20 Å². The van der Waals surface area contributed by atoms with E-state index in [-0.39, 0.29) is 5.82 Å². The minimum absolute atomic E-state index is 0.263. The quantitative estimate of drug-likeness (QED) is 0.822. The predicted molar refractivity (Wildman–Crippen MR) is 67.6 cm³/mol. The highest BCUT2D eigenvalue weighted by Gasteiger charge is 2.24. The number of pyridine rings is 1. The van der Waals surface area contributed by atoms with Gasteiger partial charge in [0.2, 0.25) is 0 Å². The SMILES string of the molecule is CCNCc1cc(F)cnc1N(C)CC1CC1. The first kappa shape index (κ1) is 12.3. The summed E-state index contributed by atoms with van der Waals surface area (Å²) in [6.07, 6.45) is 3.93. The molecule has 4 heteroatoms. The first-order valence-electron chi connectivity index (χ1n) is 6.27. The molecule has 0 amide bonds. The smallest absolute Gasteiger partial charge is 0.141 e. The second-order valence-electron chi connectivity index (χ2n) is 4.74. The Morgan fingerprint density at radius 2 is 2.29 bits per heavy atom. The van der Waals surface area contributed by atoms with Crippen LogP contribution in [0.25, 0.3) is 0 Å². The van der Waals surface area contributed by atoms with Gasteiger partial charge in [-0.15, -0.1) is 0 Å². The fourth-order valence-corrected chi connectivity index (χ4v) is 1.98. The van der Waals surface area contributed by atoms with Crippen molar-refractivity contribution in [3.63, 3.8) is 0 Å². The Kier molecular flexibility index (Phi) is 3.94. The van der Waals surface area contributed by atoms with Crippen LogP contribution in [-0.4, -0.2) is 25.1 Å². The molecule has 1 aliphatic carbocycles. The second-order valence-corrected chi connectivity index (χ2v) is 4.74. The lowest BCUT2D eigenvalue weighted by molar-refractivity contribution is 0.612. The van der Waals surface area contributed by atoms with Crippen molar-refractivity contribution >= 4 is 5.82 Å². The molecule has 1 fully saturated rings. The first-order chi connectivity index (χ1) is 8.20. The normalized spacial score (nSPS) is 15.0. The molecular weight excluding hydrogens is 217 g/mol. The summed E-state index contributed by atoms with van der Waals surface area (Å²) in [5.41, 5.74) is 0.940. The van der Waals surface area contributed by atoms with Crippen LogP contribution in [0.5, 0.6) is 0 Å². The standard InChI is InChI=1S/C13H20FN3/c1-3-15-7-11-6-12(14)8-16-13(11)17(2)9-10-4-5-10/h6,8,10,15H,3-5,7,9H2,1-2H3. The van der Waals surface area contributed by atoms with E-state index in [9.17, 15) is 4.39 Å². The van der Waals surface area contributed by atoms with Gasteiger partial charge in [0.1, 0.15) is 11.6 Å². The average Bonchev–Trinajstić information content (AvgIpc) is 3.10. The van der Waals surface area contributed by atoms with Gasteiger partial charge in [0.15, 0.2) is 0 Å². The van der Waals surface area contributed by atoms with E-state index in [0.717, 1.165) is 30.4 Å². The summed E-state index contributed by atoms with van der Waals surface area (Å²) in [6.45, 7) is 4.62. The number of hydrogen-bond donors (Lipinski definition) is 1. The van der Waals surface area contributed by atoms with Crippen LogP contribution in [0.15, 0.2) is 12.3 Å². The van der Waals surface area contributed by atoms with E-state index >= 15 is 0 Å². The number of hydrogen-bond acceptors (Lipinski definition) is 3. The molecule has 1 saturated carbocycles. The average molecular weight is 237 g/mol. The molecule has 0 saturated heterocycles. The minimum atomic E-state index is -0.263. The summed E-state index contributed by atoms with van der Waals surface area (Å²) in [6, 6.07) is 1.58. The summed E-state index contributed by atoms with van der Waals surface area (Å²) in [5.74, 6) is 1.44. The Balaban J connectivity index is 2.11. The van der Waals surface area contributed by atoms with E-state index in [0.29, 0.717) is 6.54 Å². The highest BCUT2D eigenvalue weighted by molar-refractivity contribution is 5.46. The molecule has 1 aliphatic rings. The fourth-order valence-electron chi connectivity index (χ4n) is 1.98. The molecule has 17 heavy (non-hydrogen) atoms. The number of nitrogens with zero attached hydrogens (tertiary/aromatic N) is 2. The van der Waals surface area contributed by atoms with E-state index in [2.05, 4.69) is 15.2 Å². The molecular formula is C13H20FN3. The van der Waals surface area contributed by atoms with E-state index < -0.39 is 0 Å². The topological polar surface area (TPSA) is 28.2 Å². The molecule has 0 bridgehead atoms. The molecule has 1 aromatic rings. The molecule has 0 radical (unpaired) electrons. The summed E-state index contributed by atoms with van der Waals surface area (Å²) in [5, 5.41) is 3.22. The molecule has 0 atom stereocenters. The van der Waals surface area contributed by atoms with Crippen molar-refractivity contribution in [2.24, 2.45) is 5.92 Å². The maximum absolute atomic E-state index is 13.2. The summed E-state index contributed by atoms with van der Waals surface area (Å²) in [7, 11) is 2.04. The van der Waals surface area contributed by atoms with Crippen molar-refractivity contribution < 1.29 is 4.39 Å². The Morgan fingerprint density at radius 1 is 1.53 bits per heavy atom. The molecule has 0 aromatic carbocycles. The Morgan fingerprint density at radius 3 is 2.94 bits per heavy atom. The van der Waals surface area contributed by atoms with Crippen LogP contribution < -0.4 is 10.2 Å². The number of halogens is 1. The van der Waals surface area contributed by atoms with Crippen molar-refractivity contribution in [3.8, 4) is 0 Å². The molecule has 0 aliphatic heterocycles. The lowest BCUT2D eigenvalue weighted by Gasteiger charge is -2.21. The second kappa shape index (κ2) is 5.45. The zero-order chi connectivity index (χ0) is 12.3. The van der Waals surface area contributed by atoms with Crippen LogP contribution >= 0.6 is 0 Å². The van der Waals surface area contributed by atoms with E-state index in [1.165, 1.54) is 19.0 Å². The zero-order valence-electron chi connectivity index (χ0n) is 10.5. The Hall–Kier alpha value is -1.16. The van der Waals surface area contributed by atoms with Gasteiger partial charge in [-0.25, -0.2) is 9.37 Å². The highest BCUT2D eigenvalue weighted by Crippen LogP contribution is 2.31. The maximum Gasteiger partial charge on any atom is 0.141 e. The van der Waals surface area contributed by atoms with Crippen molar-refractivity contribution in [1.82, 2.24) is 10.3 Å². The lowest BCUT2D eigenvalue weighted by Crippen LogP contribution is -2.24. The highest BCUT2D eigenvalue weighted by atomic mass is 19.1. The maximum atomic E-state index is 13.2. The zero-order valence-corrected chi connectivity index (χ0v) is 10.5. The van der Waals surface area contributed by atoms with Gasteiger partial charge in [0.25, 0.3) is 0 Å². The molecule has 0 spiro atoms. The van der Waals surface area contributed by atoms with Crippen molar-refractivity contribution in [2.45, 2.75) is 26.3 Å². The van der Waals surface area contributed by atoms with Crippen LogP contribution in [0, 0.1) is 11.7 Å². The molecule has 0 unspecified atom stereocenters. The monoisotopic (exact) mass is 237 g/mol. The number of rotatable bonds is 6. The Bertz CT molecular complexity index is 377. The molecule has 1 N–H and O–H groups in total. The lowest BCUT2D eigenvalue weighted by atomic mass is 10.2. The summed E-state index contributed by atoms with van der Waals surface area (Å²) < 4.78 is 13.2. The number of nitrogens with one attached hydrogen (secondary N) is 1. The van der Waals surface area contributed by atoms with Gasteiger partial charge < -0.3 is 10.2 Å². The predicted octanol–water partition coefficient (Wildman–Crippen LogP) is 2.18. The van der Waals surface area contributed by atoms with Gasteiger partial charge >= 0.3 is 0 Å². The molecule has 2 rings (SSSR count). The third-order valence-electron chi connectivity index (χ3n) is 3.07. The minimum Gasteiger partial charge on any atom is -0.359 e. The summed E-state index contributed by atoms with van der Waals surface area (Å²) >= 11 is 0. The van der Waals surface area contributed by atoms with Gasteiger partial charge in [-0.05, 0) is 31.4 Å². The van der Waals surface area contributed by atoms with Crippen LogP contribution in [0.2, 0.25) is 0 Å². The van der Waals surface area contributed by atoms with E-state index in [4.69, 9.17) is 0 Å². The molecule has 1 aromatic heterocycles. The van der Waals surface area contributed by atoms with Crippen LogP contribution in [0.1, 0.15) is 25.3 Å². The number of aromatic nitrogens is 1. The molecule has 94 valence electrons. The third-order valence-corrected chi connectivity index (χ3v) is 3.07. The molecule has 3 nitrogen and oxygen atoms in total. The van der Waals surface area contributed by atoms with Crippen molar-refractivity contribution in [1.29, 1.82) is 0 Å². The number of anilines is 1. The fraction of sp³-hybridized carbons (Fsp3) is 0.615. The van der Waals surface area contributed by atoms with Crippen molar-refractivity contribution in [3.05, 3.63) is 23.6 Å². The van der Waals surface area contributed by atoms with Gasteiger partial charge in [-0.2, -0.15) is 0 Å². The summed E-state index contributed by atoms with van der Waals surface area (Å²) in [4.78, 5) is 6.37. The molecule has 1 heterocycles. The van der Waals surface area contributed by atoms with E-state index in [1.807, 2.05) is 14.0 Å².